The number of para-hydroxylation sites is 1. The van der Waals surface area contributed by atoms with Crippen LogP contribution in [0.15, 0.2) is 59.7 Å². The molecule has 4 rings (SSSR count). The van der Waals surface area contributed by atoms with E-state index in [4.69, 9.17) is 4.74 Å². The van der Waals surface area contributed by atoms with Gasteiger partial charge in [-0.1, -0.05) is 42.5 Å². The zero-order valence-corrected chi connectivity index (χ0v) is 18.6. The number of sulfone groups is 1. The van der Waals surface area contributed by atoms with Crippen molar-refractivity contribution >= 4 is 27.4 Å². The number of ether oxygens (including phenoxy) is 1. The number of carbonyl (C=O) groups excluding carboxylic acids is 2. The van der Waals surface area contributed by atoms with E-state index in [0.29, 0.717) is 6.42 Å². The fraction of sp³-hybridized carbons (Fsp3) is 0.348. The predicted molar refractivity (Wildman–Crippen MR) is 120 cm³/mol. The first kappa shape index (κ1) is 22.9. The number of amides is 2. The highest BCUT2D eigenvalue weighted by atomic mass is 32.2. The molecule has 1 fully saturated rings. The van der Waals surface area contributed by atoms with Gasteiger partial charge >= 0.3 is 0 Å². The van der Waals surface area contributed by atoms with Gasteiger partial charge in [-0.05, 0) is 24.1 Å². The molecule has 0 aliphatic carbocycles. The van der Waals surface area contributed by atoms with Crippen LogP contribution in [0.5, 0.6) is 5.75 Å². The largest absolute Gasteiger partial charge is 0.488 e. The van der Waals surface area contributed by atoms with Crippen molar-refractivity contribution in [3.05, 3.63) is 66.0 Å². The van der Waals surface area contributed by atoms with Gasteiger partial charge in [-0.15, -0.1) is 0 Å². The summed E-state index contributed by atoms with van der Waals surface area (Å²) in [5, 5.41) is 8.22. The number of benzene rings is 2. The van der Waals surface area contributed by atoms with Crippen molar-refractivity contribution < 1.29 is 27.1 Å². The summed E-state index contributed by atoms with van der Waals surface area (Å²) in [5.41, 5.74) is 0.902. The molecule has 0 saturated carbocycles. The Morgan fingerprint density at radius 2 is 1.88 bits per heavy atom. The SMILES string of the molecule is O=C(N[C@H](COc1ccccc1F)c1ccccc1)C1=NN([C@@H]2CCS(=O)(=O)C2)C(=O)CC1. The molecule has 0 bridgehead atoms. The molecule has 8 nitrogen and oxygen atoms in total. The van der Waals surface area contributed by atoms with Gasteiger partial charge in [-0.2, -0.15) is 5.10 Å². The zero-order chi connectivity index (χ0) is 23.4. The van der Waals surface area contributed by atoms with E-state index < -0.39 is 33.6 Å². The number of rotatable bonds is 7. The number of hydrogen-bond acceptors (Lipinski definition) is 6. The maximum Gasteiger partial charge on any atom is 0.268 e. The van der Waals surface area contributed by atoms with Gasteiger partial charge in [0.1, 0.15) is 12.3 Å². The van der Waals surface area contributed by atoms with Crippen molar-refractivity contribution in [1.29, 1.82) is 0 Å². The minimum Gasteiger partial charge on any atom is -0.488 e. The lowest BCUT2D eigenvalue weighted by atomic mass is 10.1. The molecular weight excluding hydrogens is 449 g/mol. The lowest BCUT2D eigenvalue weighted by Gasteiger charge is -2.28. The smallest absolute Gasteiger partial charge is 0.268 e. The van der Waals surface area contributed by atoms with E-state index in [1.807, 2.05) is 30.3 Å². The van der Waals surface area contributed by atoms with Crippen LogP contribution in [0.3, 0.4) is 0 Å². The highest BCUT2D eigenvalue weighted by molar-refractivity contribution is 7.91. The zero-order valence-electron chi connectivity index (χ0n) is 17.8. The van der Waals surface area contributed by atoms with E-state index >= 15 is 0 Å². The van der Waals surface area contributed by atoms with Gasteiger partial charge in [-0.25, -0.2) is 17.8 Å². The Morgan fingerprint density at radius 3 is 2.58 bits per heavy atom. The van der Waals surface area contributed by atoms with Gasteiger partial charge in [0.2, 0.25) is 5.91 Å². The van der Waals surface area contributed by atoms with Crippen LogP contribution in [0.1, 0.15) is 30.9 Å². The van der Waals surface area contributed by atoms with E-state index in [1.165, 1.54) is 12.1 Å². The second-order valence-electron chi connectivity index (χ2n) is 8.02. The summed E-state index contributed by atoms with van der Waals surface area (Å²) in [5.74, 6) is -1.37. The van der Waals surface area contributed by atoms with Crippen LogP contribution in [0.2, 0.25) is 0 Å². The van der Waals surface area contributed by atoms with Crippen molar-refractivity contribution in [2.24, 2.45) is 5.10 Å². The van der Waals surface area contributed by atoms with Crippen molar-refractivity contribution in [2.45, 2.75) is 31.3 Å². The highest BCUT2D eigenvalue weighted by Gasteiger charge is 2.37. The third-order valence-corrected chi connectivity index (χ3v) is 7.38. The van der Waals surface area contributed by atoms with Gasteiger partial charge in [-0.3, -0.25) is 9.59 Å². The highest BCUT2D eigenvalue weighted by Crippen LogP contribution is 2.23. The molecule has 2 atom stereocenters. The Hall–Kier alpha value is -3.27. The topological polar surface area (TPSA) is 105 Å². The molecule has 1 N–H and O–H groups in total. The minimum atomic E-state index is -3.21. The van der Waals surface area contributed by atoms with Crippen LogP contribution >= 0.6 is 0 Å². The molecule has 2 aliphatic heterocycles. The van der Waals surface area contributed by atoms with E-state index in [0.717, 1.165) is 10.6 Å². The molecule has 2 amide bonds. The molecule has 2 aliphatic rings. The molecule has 0 radical (unpaired) electrons. The number of nitrogens with one attached hydrogen (secondary N) is 1. The summed E-state index contributed by atoms with van der Waals surface area (Å²) in [6.07, 6.45) is 0.524. The molecule has 0 unspecified atom stereocenters. The Morgan fingerprint density at radius 1 is 1.15 bits per heavy atom. The second kappa shape index (κ2) is 9.70. The van der Waals surface area contributed by atoms with Crippen LogP contribution in [0, 0.1) is 5.82 Å². The van der Waals surface area contributed by atoms with Gasteiger partial charge in [0.25, 0.3) is 5.91 Å². The third-order valence-electron chi connectivity index (χ3n) is 5.63. The minimum absolute atomic E-state index is 0.00195. The van der Waals surface area contributed by atoms with Crippen LogP contribution in [0.4, 0.5) is 4.39 Å². The fourth-order valence-electron chi connectivity index (χ4n) is 3.87. The molecule has 0 spiro atoms. The lowest BCUT2D eigenvalue weighted by molar-refractivity contribution is -0.133. The standard InChI is InChI=1S/C23H24FN3O5S/c24-18-8-4-5-9-21(18)32-14-20(16-6-2-1-3-7-16)25-23(29)19-10-11-22(28)27(26-19)17-12-13-33(30,31)15-17/h1-9,17,20H,10-15H2,(H,25,29)/t17-,20-/m1/s1. The van der Waals surface area contributed by atoms with E-state index in [9.17, 15) is 22.4 Å². The summed E-state index contributed by atoms with van der Waals surface area (Å²) >= 11 is 0. The van der Waals surface area contributed by atoms with Crippen molar-refractivity contribution in [1.82, 2.24) is 10.3 Å². The number of halogens is 1. The number of nitrogens with zero attached hydrogens (tertiary/aromatic N) is 2. The fourth-order valence-corrected chi connectivity index (χ4v) is 5.56. The quantitative estimate of drug-likeness (QED) is 0.664. The average Bonchev–Trinajstić information content (AvgIpc) is 3.17. The predicted octanol–water partition coefficient (Wildman–Crippen LogP) is 2.23. The van der Waals surface area contributed by atoms with Crippen molar-refractivity contribution in [3.63, 3.8) is 0 Å². The van der Waals surface area contributed by atoms with Gasteiger partial charge < -0.3 is 10.1 Å². The third kappa shape index (κ3) is 5.57. The van der Waals surface area contributed by atoms with E-state index in [-0.39, 0.29) is 48.3 Å². The summed E-state index contributed by atoms with van der Waals surface area (Å²) in [6, 6.07) is 14.0. The molecule has 2 aromatic carbocycles. The summed E-state index contributed by atoms with van der Waals surface area (Å²) in [4.78, 5) is 25.4. The van der Waals surface area contributed by atoms with Crippen LogP contribution in [-0.4, -0.2) is 55.1 Å². The average molecular weight is 474 g/mol. The van der Waals surface area contributed by atoms with Crippen molar-refractivity contribution in [3.8, 4) is 5.75 Å². The molecule has 2 aromatic rings. The first-order valence-corrected chi connectivity index (χ1v) is 12.5. The van der Waals surface area contributed by atoms with Gasteiger partial charge in [0.05, 0.1) is 23.6 Å². The van der Waals surface area contributed by atoms with Gasteiger partial charge in [0, 0.05) is 12.8 Å². The summed E-state index contributed by atoms with van der Waals surface area (Å²) < 4.78 is 43.2. The first-order chi connectivity index (χ1) is 15.8. The lowest BCUT2D eigenvalue weighted by Crippen LogP contribution is -2.45. The molecular formula is C23H24FN3O5S. The maximum absolute atomic E-state index is 14.0. The molecule has 2 heterocycles. The number of hydrazone groups is 1. The first-order valence-electron chi connectivity index (χ1n) is 10.7. The number of carbonyl (C=O) groups is 2. The summed E-state index contributed by atoms with van der Waals surface area (Å²) in [6.45, 7) is -0.0204. The van der Waals surface area contributed by atoms with Gasteiger partial charge in [0.15, 0.2) is 21.4 Å². The second-order valence-corrected chi connectivity index (χ2v) is 10.2. The van der Waals surface area contributed by atoms with E-state index in [2.05, 4.69) is 10.4 Å². The molecule has 174 valence electrons. The Kier molecular flexibility index (Phi) is 6.73. The molecule has 1 saturated heterocycles. The molecule has 10 heteroatoms. The normalized spacial score (nSPS) is 20.8. The van der Waals surface area contributed by atoms with Crippen LogP contribution in [-0.2, 0) is 19.4 Å². The van der Waals surface area contributed by atoms with Crippen LogP contribution in [0.25, 0.3) is 0 Å². The summed E-state index contributed by atoms with van der Waals surface area (Å²) in [7, 11) is -3.21. The Labute approximate surface area is 191 Å². The van der Waals surface area contributed by atoms with Crippen LogP contribution < -0.4 is 10.1 Å². The van der Waals surface area contributed by atoms with E-state index in [1.54, 1.807) is 12.1 Å². The van der Waals surface area contributed by atoms with Crippen molar-refractivity contribution in [2.75, 3.05) is 18.1 Å². The Balaban J connectivity index is 1.50. The maximum atomic E-state index is 14.0. The number of hydrogen-bond donors (Lipinski definition) is 1. The monoisotopic (exact) mass is 473 g/mol. The Bertz CT molecular complexity index is 1170. The molecule has 33 heavy (non-hydrogen) atoms. The molecule has 0 aromatic heterocycles.